The molecule has 6 nitrogen and oxygen atoms in total. The molecule has 3 aromatic rings. The van der Waals surface area contributed by atoms with Gasteiger partial charge in [-0.1, -0.05) is 60.7 Å². The Bertz CT molecular complexity index is 916. The highest BCUT2D eigenvalue weighted by Gasteiger charge is 2.22. The largest absolute Gasteiger partial charge is 0.448 e. The maximum Gasteiger partial charge on any atom is 0.259 e. The number of halogens is 1. The van der Waals surface area contributed by atoms with Crippen molar-refractivity contribution in [1.29, 1.82) is 0 Å². The number of benzene rings is 2. The number of nitrogens with zero attached hydrogens (tertiary/aromatic N) is 1. The molecular weight excluding hydrogens is 422 g/mol. The monoisotopic (exact) mass is 439 g/mol. The lowest BCUT2D eigenvalue weighted by atomic mass is 9.90. The van der Waals surface area contributed by atoms with Gasteiger partial charge in [0.2, 0.25) is 5.91 Å². The molecule has 1 aromatic heterocycles. The highest BCUT2D eigenvalue weighted by molar-refractivity contribution is 9.10. The van der Waals surface area contributed by atoms with Crippen molar-refractivity contribution < 1.29 is 14.0 Å². The number of carbonyl (C=O) groups is 2. The van der Waals surface area contributed by atoms with E-state index in [-0.39, 0.29) is 12.5 Å². The topological polar surface area (TPSA) is 83.7 Å². The third kappa shape index (κ3) is 5.40. The van der Waals surface area contributed by atoms with Crippen LogP contribution in [0.1, 0.15) is 22.8 Å². The van der Waals surface area contributed by atoms with Crippen LogP contribution in [0.5, 0.6) is 0 Å². The van der Waals surface area contributed by atoms with Gasteiger partial charge in [0.25, 0.3) is 5.91 Å². The van der Waals surface area contributed by atoms with Crippen LogP contribution in [0.2, 0.25) is 0 Å². The molecule has 2 amide bonds. The Labute approximate surface area is 170 Å². The van der Waals surface area contributed by atoms with Crippen LogP contribution < -0.4 is 10.7 Å². The second-order valence-corrected chi connectivity index (χ2v) is 6.69. The number of hydrogen-bond acceptors (Lipinski definition) is 4. The summed E-state index contributed by atoms with van der Waals surface area (Å²) < 4.78 is 5.81. The van der Waals surface area contributed by atoms with Crippen molar-refractivity contribution in [3.05, 3.63) is 94.4 Å². The predicted octanol–water partition coefficient (Wildman–Crippen LogP) is 3.44. The first-order chi connectivity index (χ1) is 13.6. The molecule has 0 spiro atoms. The fraction of sp³-hybridized carbons (Fsp3) is 0.0952. The highest BCUT2D eigenvalue weighted by Crippen LogP contribution is 2.24. The van der Waals surface area contributed by atoms with Gasteiger partial charge in [-0.2, -0.15) is 5.10 Å². The third-order valence-corrected chi connectivity index (χ3v) is 4.35. The van der Waals surface area contributed by atoms with Crippen molar-refractivity contribution in [3.63, 3.8) is 0 Å². The van der Waals surface area contributed by atoms with Crippen molar-refractivity contribution in [2.24, 2.45) is 5.10 Å². The van der Waals surface area contributed by atoms with Crippen LogP contribution in [0.25, 0.3) is 0 Å². The van der Waals surface area contributed by atoms with Crippen LogP contribution in [0.15, 0.2) is 87.0 Å². The van der Waals surface area contributed by atoms with Crippen molar-refractivity contribution in [2.45, 2.75) is 5.92 Å². The van der Waals surface area contributed by atoms with Crippen LogP contribution in [-0.4, -0.2) is 24.6 Å². The van der Waals surface area contributed by atoms with Crippen LogP contribution in [0.4, 0.5) is 0 Å². The Morgan fingerprint density at radius 2 is 1.57 bits per heavy atom. The molecule has 0 radical (unpaired) electrons. The van der Waals surface area contributed by atoms with Gasteiger partial charge in [-0.25, -0.2) is 5.43 Å². The molecular formula is C21H18BrN3O3. The first-order valence-electron chi connectivity index (χ1n) is 8.58. The van der Waals surface area contributed by atoms with E-state index in [1.165, 1.54) is 6.21 Å². The molecule has 7 heteroatoms. The van der Waals surface area contributed by atoms with Crippen molar-refractivity contribution in [1.82, 2.24) is 10.7 Å². The van der Waals surface area contributed by atoms with E-state index in [9.17, 15) is 9.59 Å². The molecule has 0 fully saturated rings. The summed E-state index contributed by atoms with van der Waals surface area (Å²) in [6.07, 6.45) is 1.38. The summed E-state index contributed by atoms with van der Waals surface area (Å²) in [5, 5.41) is 6.48. The molecule has 0 unspecified atom stereocenters. The van der Waals surface area contributed by atoms with E-state index in [1.807, 2.05) is 60.7 Å². The molecule has 0 saturated heterocycles. The zero-order valence-electron chi connectivity index (χ0n) is 14.8. The normalized spacial score (nSPS) is 10.9. The number of nitrogens with one attached hydrogen (secondary N) is 2. The number of carbonyl (C=O) groups excluding carboxylic acids is 2. The van der Waals surface area contributed by atoms with Crippen molar-refractivity contribution in [2.75, 3.05) is 6.54 Å². The van der Waals surface area contributed by atoms with E-state index in [1.54, 1.807) is 12.1 Å². The summed E-state index contributed by atoms with van der Waals surface area (Å²) in [5.74, 6) is -0.704. The molecule has 0 saturated carbocycles. The maximum absolute atomic E-state index is 12.8. The van der Waals surface area contributed by atoms with Crippen molar-refractivity contribution >= 4 is 34.0 Å². The zero-order chi connectivity index (χ0) is 19.8. The second-order valence-electron chi connectivity index (χ2n) is 5.91. The fourth-order valence-electron chi connectivity index (χ4n) is 2.66. The van der Waals surface area contributed by atoms with Crippen LogP contribution >= 0.6 is 15.9 Å². The van der Waals surface area contributed by atoms with Gasteiger partial charge in [-0.3, -0.25) is 9.59 Å². The molecule has 0 aliphatic rings. The molecule has 0 atom stereocenters. The van der Waals surface area contributed by atoms with Gasteiger partial charge in [-0.05, 0) is 39.2 Å². The second kappa shape index (κ2) is 9.66. The smallest absolute Gasteiger partial charge is 0.259 e. The quantitative estimate of drug-likeness (QED) is 0.436. The average Bonchev–Trinajstić information content (AvgIpc) is 3.13. The SMILES string of the molecule is O=C(CNC(=O)C(c1ccccc1)c1ccccc1)NN=Cc1ccc(Br)o1. The predicted molar refractivity (Wildman–Crippen MR) is 110 cm³/mol. The number of furan rings is 1. The number of hydrazone groups is 1. The Morgan fingerprint density at radius 1 is 0.964 bits per heavy atom. The van der Waals surface area contributed by atoms with Crippen LogP contribution in [0.3, 0.4) is 0 Å². The standard InChI is InChI=1S/C21H18BrN3O3/c22-18-12-11-17(28-18)13-24-25-19(26)14-23-21(27)20(15-7-3-1-4-8-15)16-9-5-2-6-10-16/h1-13,20H,14H2,(H,23,27)(H,25,26). The lowest BCUT2D eigenvalue weighted by Crippen LogP contribution is -2.37. The first-order valence-corrected chi connectivity index (χ1v) is 9.37. The lowest BCUT2D eigenvalue weighted by molar-refractivity contribution is -0.126. The van der Waals surface area contributed by atoms with Gasteiger partial charge in [0.15, 0.2) is 4.67 Å². The molecule has 3 rings (SSSR count). The van der Waals surface area contributed by atoms with Gasteiger partial charge in [0.05, 0.1) is 18.7 Å². The summed E-state index contributed by atoms with van der Waals surface area (Å²) >= 11 is 3.18. The van der Waals surface area contributed by atoms with Gasteiger partial charge in [0.1, 0.15) is 5.76 Å². The molecule has 0 aliphatic heterocycles. The summed E-state index contributed by atoms with van der Waals surface area (Å²) in [6, 6.07) is 22.3. The Balaban J connectivity index is 1.61. The zero-order valence-corrected chi connectivity index (χ0v) is 16.4. The number of hydrogen-bond donors (Lipinski definition) is 2. The van der Waals surface area contributed by atoms with E-state index >= 15 is 0 Å². The van der Waals surface area contributed by atoms with Gasteiger partial charge in [-0.15, -0.1) is 0 Å². The number of rotatable bonds is 7. The summed E-state index contributed by atoms with van der Waals surface area (Å²) in [4.78, 5) is 24.8. The number of amides is 2. The van der Waals surface area contributed by atoms with Crippen molar-refractivity contribution in [3.8, 4) is 0 Å². The minimum Gasteiger partial charge on any atom is -0.448 e. The molecule has 2 aromatic carbocycles. The van der Waals surface area contributed by atoms with Gasteiger partial charge < -0.3 is 9.73 Å². The third-order valence-electron chi connectivity index (χ3n) is 3.93. The van der Waals surface area contributed by atoms with Crippen LogP contribution in [0, 0.1) is 0 Å². The Morgan fingerprint density at radius 3 is 2.11 bits per heavy atom. The molecule has 1 heterocycles. The van der Waals surface area contributed by atoms with E-state index in [0.717, 1.165) is 11.1 Å². The molecule has 0 aliphatic carbocycles. The van der Waals surface area contributed by atoms with E-state index < -0.39 is 11.8 Å². The molecule has 0 bridgehead atoms. The first kappa shape index (κ1) is 19.6. The Hall–Kier alpha value is -3.19. The van der Waals surface area contributed by atoms with E-state index in [2.05, 4.69) is 31.8 Å². The minimum atomic E-state index is -0.501. The molecule has 2 N–H and O–H groups in total. The van der Waals surface area contributed by atoms with Gasteiger partial charge in [0, 0.05) is 0 Å². The summed E-state index contributed by atoms with van der Waals surface area (Å²) in [5.41, 5.74) is 4.06. The van der Waals surface area contributed by atoms with Crippen LogP contribution in [-0.2, 0) is 9.59 Å². The Kier molecular flexibility index (Phi) is 6.75. The lowest BCUT2D eigenvalue weighted by Gasteiger charge is -2.17. The van der Waals surface area contributed by atoms with Gasteiger partial charge >= 0.3 is 0 Å². The molecule has 28 heavy (non-hydrogen) atoms. The minimum absolute atomic E-state index is 0.186. The summed E-state index contributed by atoms with van der Waals surface area (Å²) in [7, 11) is 0. The average molecular weight is 440 g/mol. The highest BCUT2D eigenvalue weighted by atomic mass is 79.9. The van der Waals surface area contributed by atoms with E-state index in [0.29, 0.717) is 10.4 Å². The summed E-state index contributed by atoms with van der Waals surface area (Å²) in [6.45, 7) is -0.186. The fourth-order valence-corrected chi connectivity index (χ4v) is 2.98. The molecule has 142 valence electrons. The van der Waals surface area contributed by atoms with E-state index in [4.69, 9.17) is 4.42 Å². The maximum atomic E-state index is 12.8.